The Balaban J connectivity index is 3.16. The standard InChI is InChI=1S/C12H18N2O/c1-9(2)10-6-5-7-11(8-10)14(3,4)12(13)15/h5-9H,1-4H3,(H-,13,15)/p+1. The van der Waals surface area contributed by atoms with Crippen LogP contribution >= 0.6 is 0 Å². The Hall–Kier alpha value is -1.35. The van der Waals surface area contributed by atoms with E-state index in [1.807, 2.05) is 18.2 Å². The summed E-state index contributed by atoms with van der Waals surface area (Å²) in [5, 5.41) is 0. The van der Waals surface area contributed by atoms with Crippen LogP contribution in [0.25, 0.3) is 0 Å². The Bertz CT molecular complexity index is 370. The molecule has 2 N–H and O–H groups in total. The largest absolute Gasteiger partial charge is 0.418 e. The molecule has 0 saturated heterocycles. The van der Waals surface area contributed by atoms with Gasteiger partial charge >= 0.3 is 6.03 Å². The Labute approximate surface area is 91.1 Å². The van der Waals surface area contributed by atoms with Crippen LogP contribution in [0.3, 0.4) is 0 Å². The summed E-state index contributed by atoms with van der Waals surface area (Å²) in [5.41, 5.74) is 7.51. The fourth-order valence-electron chi connectivity index (χ4n) is 1.36. The lowest BCUT2D eigenvalue weighted by Gasteiger charge is -2.24. The summed E-state index contributed by atoms with van der Waals surface area (Å²) in [4.78, 5) is 11.3. The summed E-state index contributed by atoms with van der Waals surface area (Å²) in [6.45, 7) is 4.26. The van der Waals surface area contributed by atoms with Crippen molar-refractivity contribution in [3.8, 4) is 0 Å². The normalized spacial score (nSPS) is 11.8. The van der Waals surface area contributed by atoms with Gasteiger partial charge in [-0.1, -0.05) is 26.0 Å². The number of primary amides is 1. The van der Waals surface area contributed by atoms with Crippen molar-refractivity contribution in [2.75, 3.05) is 14.1 Å². The van der Waals surface area contributed by atoms with Gasteiger partial charge in [-0.05, 0) is 17.5 Å². The van der Waals surface area contributed by atoms with E-state index in [1.54, 1.807) is 14.1 Å². The monoisotopic (exact) mass is 207 g/mol. The van der Waals surface area contributed by atoms with E-state index < -0.39 is 0 Å². The van der Waals surface area contributed by atoms with Gasteiger partial charge in [0.25, 0.3) is 0 Å². The van der Waals surface area contributed by atoms with Crippen molar-refractivity contribution < 1.29 is 4.79 Å². The average Bonchev–Trinajstić information content (AvgIpc) is 2.17. The molecule has 0 saturated carbocycles. The maximum absolute atomic E-state index is 11.3. The van der Waals surface area contributed by atoms with Crippen LogP contribution in [0.15, 0.2) is 24.3 Å². The van der Waals surface area contributed by atoms with Crippen LogP contribution in [0.4, 0.5) is 10.5 Å². The number of rotatable bonds is 2. The summed E-state index contributed by atoms with van der Waals surface area (Å²) in [7, 11) is 3.59. The van der Waals surface area contributed by atoms with Crippen LogP contribution in [0.5, 0.6) is 0 Å². The predicted molar refractivity (Wildman–Crippen MR) is 63.8 cm³/mol. The molecular formula is C12H19N2O+. The van der Waals surface area contributed by atoms with Crippen LogP contribution in [-0.2, 0) is 0 Å². The summed E-state index contributed by atoms with van der Waals surface area (Å²) in [5.74, 6) is 0.456. The molecule has 0 fully saturated rings. The molecule has 0 heterocycles. The van der Waals surface area contributed by atoms with Gasteiger partial charge in [0.2, 0.25) is 0 Å². The van der Waals surface area contributed by atoms with Crippen molar-refractivity contribution >= 4 is 11.7 Å². The van der Waals surface area contributed by atoms with Gasteiger partial charge in [0.15, 0.2) is 0 Å². The van der Waals surface area contributed by atoms with Gasteiger partial charge < -0.3 is 5.73 Å². The molecule has 0 aromatic heterocycles. The highest BCUT2D eigenvalue weighted by molar-refractivity contribution is 5.84. The van der Waals surface area contributed by atoms with Crippen LogP contribution in [0.1, 0.15) is 25.3 Å². The number of nitrogens with two attached hydrogens (primary N) is 1. The number of amides is 2. The molecule has 0 atom stereocenters. The van der Waals surface area contributed by atoms with Crippen molar-refractivity contribution in [1.29, 1.82) is 0 Å². The molecule has 1 rings (SSSR count). The van der Waals surface area contributed by atoms with Crippen LogP contribution in [-0.4, -0.2) is 20.1 Å². The lowest BCUT2D eigenvalue weighted by Crippen LogP contribution is -2.50. The zero-order valence-electron chi connectivity index (χ0n) is 9.82. The first-order valence-corrected chi connectivity index (χ1v) is 5.10. The summed E-state index contributed by atoms with van der Waals surface area (Å²) >= 11 is 0. The first kappa shape index (κ1) is 11.7. The van der Waals surface area contributed by atoms with Crippen molar-refractivity contribution in [2.24, 2.45) is 5.73 Å². The number of hydrogen-bond donors (Lipinski definition) is 1. The van der Waals surface area contributed by atoms with Crippen LogP contribution in [0, 0.1) is 0 Å². The van der Waals surface area contributed by atoms with Crippen LogP contribution in [0.2, 0.25) is 0 Å². The average molecular weight is 207 g/mol. The quantitative estimate of drug-likeness (QED) is 0.744. The summed E-state index contributed by atoms with van der Waals surface area (Å²) in [6.07, 6.45) is 0. The molecule has 0 aliphatic carbocycles. The first-order chi connectivity index (χ1) is 6.85. The molecule has 0 unspecified atom stereocenters. The van der Waals surface area contributed by atoms with E-state index in [1.165, 1.54) is 5.56 Å². The van der Waals surface area contributed by atoms with Gasteiger partial charge in [-0.25, -0.2) is 9.28 Å². The molecule has 1 aromatic rings. The number of carbonyl (C=O) groups is 1. The topological polar surface area (TPSA) is 43.1 Å². The number of quaternary nitrogens is 1. The van der Waals surface area contributed by atoms with Crippen molar-refractivity contribution in [3.63, 3.8) is 0 Å². The SMILES string of the molecule is CC(C)c1cccc([N+](C)(C)C(N)=O)c1. The molecule has 1 aromatic carbocycles. The summed E-state index contributed by atoms with van der Waals surface area (Å²) < 4.78 is 0.0839. The highest BCUT2D eigenvalue weighted by atomic mass is 16.2. The number of urea groups is 1. The second-order valence-corrected chi connectivity index (χ2v) is 4.54. The Morgan fingerprint density at radius 3 is 2.40 bits per heavy atom. The third kappa shape index (κ3) is 2.36. The van der Waals surface area contributed by atoms with E-state index in [0.29, 0.717) is 5.92 Å². The molecule has 0 spiro atoms. The molecule has 0 bridgehead atoms. The minimum Gasteiger partial charge on any atom is -0.319 e. The van der Waals surface area contributed by atoms with Gasteiger partial charge in [-0.2, -0.15) is 0 Å². The lowest BCUT2D eigenvalue weighted by molar-refractivity contribution is 0.227. The number of benzene rings is 1. The van der Waals surface area contributed by atoms with Gasteiger partial charge in [-0.15, -0.1) is 0 Å². The van der Waals surface area contributed by atoms with E-state index in [9.17, 15) is 4.79 Å². The van der Waals surface area contributed by atoms with Crippen LogP contribution < -0.4 is 10.2 Å². The Kier molecular flexibility index (Phi) is 3.15. The van der Waals surface area contributed by atoms with Crippen molar-refractivity contribution in [1.82, 2.24) is 4.48 Å². The zero-order chi connectivity index (χ0) is 11.6. The fourth-order valence-corrected chi connectivity index (χ4v) is 1.36. The second kappa shape index (κ2) is 4.03. The minimum atomic E-state index is -0.351. The lowest BCUT2D eigenvalue weighted by atomic mass is 10.0. The molecular weight excluding hydrogens is 188 g/mol. The molecule has 82 valence electrons. The molecule has 0 radical (unpaired) electrons. The number of nitrogens with zero attached hydrogens (tertiary/aromatic N) is 1. The van der Waals surface area contributed by atoms with E-state index in [2.05, 4.69) is 19.9 Å². The van der Waals surface area contributed by atoms with E-state index in [4.69, 9.17) is 5.73 Å². The van der Waals surface area contributed by atoms with Gasteiger partial charge in [0.1, 0.15) is 5.69 Å². The van der Waals surface area contributed by atoms with E-state index >= 15 is 0 Å². The minimum absolute atomic E-state index is 0.0839. The molecule has 0 aliphatic rings. The van der Waals surface area contributed by atoms with Crippen molar-refractivity contribution in [2.45, 2.75) is 19.8 Å². The Morgan fingerprint density at radius 2 is 1.93 bits per heavy atom. The third-order valence-electron chi connectivity index (χ3n) is 2.73. The molecule has 0 aliphatic heterocycles. The second-order valence-electron chi connectivity index (χ2n) is 4.54. The third-order valence-corrected chi connectivity index (χ3v) is 2.73. The highest BCUT2D eigenvalue weighted by Gasteiger charge is 2.26. The Morgan fingerprint density at radius 1 is 1.33 bits per heavy atom. The molecule has 3 heteroatoms. The van der Waals surface area contributed by atoms with E-state index in [0.717, 1.165) is 5.69 Å². The number of hydrogen-bond acceptors (Lipinski definition) is 1. The smallest absolute Gasteiger partial charge is 0.319 e. The van der Waals surface area contributed by atoms with Crippen molar-refractivity contribution in [3.05, 3.63) is 29.8 Å². The van der Waals surface area contributed by atoms with Gasteiger partial charge in [-0.3, -0.25) is 0 Å². The first-order valence-electron chi connectivity index (χ1n) is 5.10. The molecule has 3 nitrogen and oxygen atoms in total. The highest BCUT2D eigenvalue weighted by Crippen LogP contribution is 2.24. The van der Waals surface area contributed by atoms with Gasteiger partial charge in [0.05, 0.1) is 14.1 Å². The molecule has 15 heavy (non-hydrogen) atoms. The van der Waals surface area contributed by atoms with E-state index in [-0.39, 0.29) is 10.5 Å². The zero-order valence-corrected chi connectivity index (χ0v) is 9.82. The predicted octanol–water partition coefficient (Wildman–Crippen LogP) is 2.46. The summed E-state index contributed by atoms with van der Waals surface area (Å²) in [6, 6.07) is 7.64. The number of carbonyl (C=O) groups excluding carboxylic acids is 1. The molecule has 2 amide bonds. The maximum Gasteiger partial charge on any atom is 0.418 e. The van der Waals surface area contributed by atoms with Gasteiger partial charge in [0, 0.05) is 6.07 Å². The maximum atomic E-state index is 11.3. The fraction of sp³-hybridized carbons (Fsp3) is 0.417.